The number of nitrogens with one attached hydrogen (secondary N) is 1. The number of hydrogen-bond donors (Lipinski definition) is 1. The van der Waals surface area contributed by atoms with E-state index in [0.29, 0.717) is 17.2 Å². The van der Waals surface area contributed by atoms with E-state index in [9.17, 15) is 4.79 Å². The standard InChI is InChI=1S/C12H9Cl2N3O3/c1-7(9-3-2-4-19-9)17-20-12(18)15-8-5-10(13)16-11(14)6-8/h2-6H,1H3,(H,15,16,18)/b17-7+. The van der Waals surface area contributed by atoms with Crippen molar-refractivity contribution in [2.45, 2.75) is 6.92 Å². The zero-order chi connectivity index (χ0) is 14.5. The van der Waals surface area contributed by atoms with Crippen LogP contribution < -0.4 is 5.32 Å². The fourth-order valence-electron chi connectivity index (χ4n) is 1.32. The van der Waals surface area contributed by atoms with Gasteiger partial charge >= 0.3 is 6.09 Å². The maximum Gasteiger partial charge on any atom is 0.437 e. The first kappa shape index (κ1) is 14.4. The molecule has 2 aromatic heterocycles. The number of aromatic nitrogens is 1. The van der Waals surface area contributed by atoms with Gasteiger partial charge in [-0.05, 0) is 31.2 Å². The van der Waals surface area contributed by atoms with Gasteiger partial charge in [-0.1, -0.05) is 28.4 Å². The Hall–Kier alpha value is -2.05. The highest BCUT2D eigenvalue weighted by molar-refractivity contribution is 6.32. The number of carbonyl (C=O) groups excluding carboxylic acids is 1. The van der Waals surface area contributed by atoms with Crippen LogP contribution in [0.5, 0.6) is 0 Å². The van der Waals surface area contributed by atoms with Gasteiger partial charge in [0.05, 0.1) is 12.0 Å². The number of furan rings is 1. The molecule has 0 atom stereocenters. The van der Waals surface area contributed by atoms with Gasteiger partial charge in [0.2, 0.25) is 0 Å². The summed E-state index contributed by atoms with van der Waals surface area (Å²) < 4.78 is 5.09. The number of oxime groups is 1. The Bertz CT molecular complexity index is 621. The molecule has 0 radical (unpaired) electrons. The zero-order valence-corrected chi connectivity index (χ0v) is 11.8. The molecule has 0 spiro atoms. The number of amides is 1. The van der Waals surface area contributed by atoms with Crippen LogP contribution in [0, 0.1) is 0 Å². The van der Waals surface area contributed by atoms with Gasteiger partial charge in [-0.3, -0.25) is 10.2 Å². The van der Waals surface area contributed by atoms with E-state index in [0.717, 1.165) is 0 Å². The maximum absolute atomic E-state index is 11.5. The summed E-state index contributed by atoms with van der Waals surface area (Å²) in [5, 5.41) is 6.36. The highest BCUT2D eigenvalue weighted by Crippen LogP contribution is 2.18. The number of hydrogen-bond acceptors (Lipinski definition) is 5. The lowest BCUT2D eigenvalue weighted by atomic mass is 10.3. The number of carbonyl (C=O) groups is 1. The normalized spacial score (nSPS) is 11.2. The largest absolute Gasteiger partial charge is 0.463 e. The van der Waals surface area contributed by atoms with Crippen molar-refractivity contribution < 1.29 is 14.0 Å². The number of rotatable bonds is 3. The van der Waals surface area contributed by atoms with E-state index < -0.39 is 6.09 Å². The van der Waals surface area contributed by atoms with Gasteiger partial charge in [0.25, 0.3) is 0 Å². The Morgan fingerprint density at radius 2 is 2.10 bits per heavy atom. The van der Waals surface area contributed by atoms with Crippen LogP contribution in [0.1, 0.15) is 12.7 Å². The van der Waals surface area contributed by atoms with Crippen molar-refractivity contribution in [3.05, 3.63) is 46.6 Å². The van der Waals surface area contributed by atoms with Crippen LogP contribution in [0.15, 0.2) is 40.1 Å². The molecule has 0 bridgehead atoms. The third kappa shape index (κ3) is 3.97. The second-order valence-electron chi connectivity index (χ2n) is 3.66. The first-order chi connectivity index (χ1) is 9.54. The summed E-state index contributed by atoms with van der Waals surface area (Å²) in [4.78, 5) is 20.0. The minimum atomic E-state index is -0.783. The van der Waals surface area contributed by atoms with Crippen LogP contribution in [0.3, 0.4) is 0 Å². The lowest BCUT2D eigenvalue weighted by Crippen LogP contribution is -2.12. The van der Waals surface area contributed by atoms with Crippen LogP contribution in [0.2, 0.25) is 10.3 Å². The molecule has 20 heavy (non-hydrogen) atoms. The molecule has 2 aromatic rings. The molecular formula is C12H9Cl2N3O3. The molecule has 8 heteroatoms. The van der Waals surface area contributed by atoms with Crippen molar-refractivity contribution in [2.24, 2.45) is 5.16 Å². The molecule has 0 unspecified atom stereocenters. The molecule has 2 rings (SSSR count). The van der Waals surface area contributed by atoms with Crippen molar-refractivity contribution in [1.29, 1.82) is 0 Å². The molecule has 0 aromatic carbocycles. The fraction of sp³-hybridized carbons (Fsp3) is 0.0833. The smallest absolute Gasteiger partial charge is 0.437 e. The zero-order valence-electron chi connectivity index (χ0n) is 10.3. The van der Waals surface area contributed by atoms with E-state index in [1.165, 1.54) is 18.4 Å². The minimum Gasteiger partial charge on any atom is -0.463 e. The fourth-order valence-corrected chi connectivity index (χ4v) is 1.78. The molecule has 0 saturated carbocycles. The summed E-state index contributed by atoms with van der Waals surface area (Å²) in [5.41, 5.74) is 0.779. The van der Waals surface area contributed by atoms with Gasteiger partial charge in [-0.15, -0.1) is 0 Å². The number of anilines is 1. The van der Waals surface area contributed by atoms with Gasteiger partial charge in [-0.2, -0.15) is 0 Å². The van der Waals surface area contributed by atoms with E-state index in [1.807, 2.05) is 0 Å². The van der Waals surface area contributed by atoms with E-state index in [2.05, 4.69) is 20.3 Å². The molecule has 1 N–H and O–H groups in total. The van der Waals surface area contributed by atoms with Gasteiger partial charge in [-0.25, -0.2) is 9.78 Å². The highest BCUT2D eigenvalue weighted by atomic mass is 35.5. The summed E-state index contributed by atoms with van der Waals surface area (Å²) in [6.45, 7) is 1.65. The van der Waals surface area contributed by atoms with Crippen molar-refractivity contribution in [3.63, 3.8) is 0 Å². The monoisotopic (exact) mass is 313 g/mol. The summed E-state index contributed by atoms with van der Waals surface area (Å²) >= 11 is 11.4. The van der Waals surface area contributed by atoms with Crippen LogP contribution in [0.25, 0.3) is 0 Å². The Morgan fingerprint density at radius 1 is 1.40 bits per heavy atom. The third-order valence-electron chi connectivity index (χ3n) is 2.15. The summed E-state index contributed by atoms with van der Waals surface area (Å²) in [5.74, 6) is 0.507. The average Bonchev–Trinajstić information content (AvgIpc) is 2.88. The molecule has 1 amide bonds. The van der Waals surface area contributed by atoms with Crippen molar-refractivity contribution in [1.82, 2.24) is 4.98 Å². The molecule has 0 saturated heterocycles. The van der Waals surface area contributed by atoms with Crippen LogP contribution >= 0.6 is 23.2 Å². The quantitative estimate of drug-likeness (QED) is 0.403. The van der Waals surface area contributed by atoms with Gasteiger partial charge in [0.15, 0.2) is 5.76 Å². The molecule has 0 fully saturated rings. The van der Waals surface area contributed by atoms with Crippen molar-refractivity contribution >= 4 is 40.7 Å². The predicted octanol–water partition coefficient (Wildman–Crippen LogP) is 3.95. The van der Waals surface area contributed by atoms with E-state index in [1.54, 1.807) is 19.1 Å². The summed E-state index contributed by atoms with van der Waals surface area (Å²) in [6, 6.07) is 6.26. The Morgan fingerprint density at radius 3 is 2.70 bits per heavy atom. The number of nitrogens with zero attached hydrogens (tertiary/aromatic N) is 2. The number of pyridine rings is 1. The van der Waals surface area contributed by atoms with Gasteiger partial charge in [0.1, 0.15) is 16.0 Å². The molecular weight excluding hydrogens is 305 g/mol. The SMILES string of the molecule is C/C(=N\OC(=O)Nc1cc(Cl)nc(Cl)c1)c1ccco1. The van der Waals surface area contributed by atoms with E-state index >= 15 is 0 Å². The molecule has 6 nitrogen and oxygen atoms in total. The molecule has 2 heterocycles. The Balaban J connectivity index is 1.97. The van der Waals surface area contributed by atoms with Gasteiger partial charge in [0, 0.05) is 0 Å². The Kier molecular flexibility index (Phi) is 4.60. The second-order valence-corrected chi connectivity index (χ2v) is 4.43. The molecule has 104 valence electrons. The topological polar surface area (TPSA) is 76.7 Å². The van der Waals surface area contributed by atoms with Crippen LogP contribution in [-0.2, 0) is 4.84 Å². The highest BCUT2D eigenvalue weighted by Gasteiger charge is 2.07. The van der Waals surface area contributed by atoms with Crippen LogP contribution in [0.4, 0.5) is 10.5 Å². The van der Waals surface area contributed by atoms with E-state index in [4.69, 9.17) is 27.6 Å². The summed E-state index contributed by atoms with van der Waals surface area (Å²) in [7, 11) is 0. The predicted molar refractivity (Wildman–Crippen MR) is 75.3 cm³/mol. The maximum atomic E-state index is 11.5. The lowest BCUT2D eigenvalue weighted by Gasteiger charge is -2.04. The average molecular weight is 314 g/mol. The van der Waals surface area contributed by atoms with Crippen molar-refractivity contribution in [2.75, 3.05) is 5.32 Å². The minimum absolute atomic E-state index is 0.156. The first-order valence-electron chi connectivity index (χ1n) is 5.44. The number of halogens is 2. The van der Waals surface area contributed by atoms with E-state index in [-0.39, 0.29) is 10.3 Å². The summed E-state index contributed by atoms with van der Waals surface area (Å²) in [6.07, 6.45) is 0.712. The van der Waals surface area contributed by atoms with Crippen molar-refractivity contribution in [3.8, 4) is 0 Å². The first-order valence-corrected chi connectivity index (χ1v) is 6.20. The van der Waals surface area contributed by atoms with Gasteiger partial charge < -0.3 is 4.42 Å². The van der Waals surface area contributed by atoms with Crippen LogP contribution in [-0.4, -0.2) is 16.8 Å². The molecule has 0 aliphatic rings. The molecule has 0 aliphatic carbocycles. The second kappa shape index (κ2) is 6.40. The Labute approximate surface area is 124 Å². The molecule has 0 aliphatic heterocycles. The third-order valence-corrected chi connectivity index (χ3v) is 2.54. The lowest BCUT2D eigenvalue weighted by molar-refractivity contribution is 0.166.